The van der Waals surface area contributed by atoms with Crippen LogP contribution in [0, 0.1) is 0 Å². The highest BCUT2D eigenvalue weighted by Crippen LogP contribution is 2.19. The van der Waals surface area contributed by atoms with Crippen molar-refractivity contribution in [3.05, 3.63) is 28.7 Å². The van der Waals surface area contributed by atoms with Crippen LogP contribution in [0.2, 0.25) is 0 Å². The van der Waals surface area contributed by atoms with Gasteiger partial charge >= 0.3 is 0 Å². The zero-order valence-electron chi connectivity index (χ0n) is 11.6. The number of rotatable bonds is 3. The van der Waals surface area contributed by atoms with E-state index in [2.05, 4.69) is 28.2 Å². The Bertz CT molecular complexity index is 459. The lowest BCUT2D eigenvalue weighted by atomic mass is 10.2. The fourth-order valence-electron chi connectivity index (χ4n) is 2.20. The zero-order valence-corrected chi connectivity index (χ0v) is 14.0. The van der Waals surface area contributed by atoms with Crippen LogP contribution in [0.4, 0.5) is 0 Å². The van der Waals surface area contributed by atoms with Crippen LogP contribution in [0.5, 0.6) is 5.75 Å². The predicted molar refractivity (Wildman–Crippen MR) is 85.5 cm³/mol. The molecule has 1 aromatic rings. The number of nitrogens with one attached hydrogen (secondary N) is 1. The van der Waals surface area contributed by atoms with E-state index in [1.807, 2.05) is 29.2 Å². The summed E-state index contributed by atoms with van der Waals surface area (Å²) < 4.78 is 6.66. The molecule has 0 aliphatic carbocycles. The average Bonchev–Trinajstić information content (AvgIpc) is 2.38. The molecule has 0 aromatic heterocycles. The van der Waals surface area contributed by atoms with Crippen LogP contribution in [0.25, 0.3) is 0 Å². The lowest BCUT2D eigenvalue weighted by molar-refractivity contribution is -0.140. The van der Waals surface area contributed by atoms with Gasteiger partial charge in [0.1, 0.15) is 5.75 Å². The Morgan fingerprint density at radius 2 is 2.30 bits per heavy atom. The molecule has 0 radical (unpaired) electrons. The molecule has 1 fully saturated rings. The Morgan fingerprint density at radius 1 is 1.55 bits per heavy atom. The largest absolute Gasteiger partial charge is 0.481 e. The Hall–Kier alpha value is -0.780. The van der Waals surface area contributed by atoms with Crippen LogP contribution < -0.4 is 10.1 Å². The first-order chi connectivity index (χ1) is 9.08. The van der Waals surface area contributed by atoms with Crippen molar-refractivity contribution in [1.29, 1.82) is 0 Å². The van der Waals surface area contributed by atoms with Gasteiger partial charge in [-0.2, -0.15) is 0 Å². The Labute approximate surface area is 134 Å². The van der Waals surface area contributed by atoms with Crippen LogP contribution in [0.1, 0.15) is 13.8 Å². The lowest BCUT2D eigenvalue weighted by Crippen LogP contribution is -2.55. The van der Waals surface area contributed by atoms with Crippen molar-refractivity contribution in [3.63, 3.8) is 0 Å². The molecule has 1 heterocycles. The third-order valence-corrected chi connectivity index (χ3v) is 3.73. The second-order valence-electron chi connectivity index (χ2n) is 4.80. The maximum Gasteiger partial charge on any atom is 0.263 e. The van der Waals surface area contributed by atoms with Gasteiger partial charge in [-0.15, -0.1) is 12.4 Å². The van der Waals surface area contributed by atoms with E-state index in [-0.39, 0.29) is 24.4 Å². The first kappa shape index (κ1) is 17.3. The van der Waals surface area contributed by atoms with Crippen molar-refractivity contribution >= 4 is 34.2 Å². The highest BCUT2D eigenvalue weighted by molar-refractivity contribution is 9.10. The molecule has 1 saturated heterocycles. The molecule has 0 bridgehead atoms. The molecule has 1 unspecified atom stereocenters. The van der Waals surface area contributed by atoms with Crippen molar-refractivity contribution < 1.29 is 9.53 Å². The SMILES string of the molecule is CC(Oc1cccc(Br)c1)C(=O)N1CCNC[C@H]1C.Cl. The van der Waals surface area contributed by atoms with E-state index in [9.17, 15) is 4.79 Å². The Morgan fingerprint density at radius 3 is 2.95 bits per heavy atom. The third-order valence-electron chi connectivity index (χ3n) is 3.24. The average molecular weight is 364 g/mol. The van der Waals surface area contributed by atoms with Gasteiger partial charge in [-0.1, -0.05) is 22.0 Å². The topological polar surface area (TPSA) is 41.6 Å². The van der Waals surface area contributed by atoms with E-state index in [1.54, 1.807) is 6.92 Å². The van der Waals surface area contributed by atoms with E-state index < -0.39 is 6.10 Å². The summed E-state index contributed by atoms with van der Waals surface area (Å²) in [5.74, 6) is 0.756. The van der Waals surface area contributed by atoms with Crippen molar-refractivity contribution in [1.82, 2.24) is 10.2 Å². The number of carbonyl (C=O) groups is 1. The van der Waals surface area contributed by atoms with Crippen LogP contribution in [-0.4, -0.2) is 42.6 Å². The molecule has 1 N–H and O–H groups in total. The monoisotopic (exact) mass is 362 g/mol. The zero-order chi connectivity index (χ0) is 13.8. The Kier molecular flexibility index (Phi) is 6.79. The molecule has 1 aliphatic rings. The highest BCUT2D eigenvalue weighted by atomic mass is 79.9. The van der Waals surface area contributed by atoms with E-state index in [0.29, 0.717) is 5.75 Å². The summed E-state index contributed by atoms with van der Waals surface area (Å²) in [4.78, 5) is 14.2. The van der Waals surface area contributed by atoms with Gasteiger partial charge in [0.25, 0.3) is 5.91 Å². The predicted octanol–water partition coefficient (Wildman–Crippen LogP) is 2.46. The highest BCUT2D eigenvalue weighted by Gasteiger charge is 2.27. The Balaban J connectivity index is 0.00000200. The van der Waals surface area contributed by atoms with Gasteiger partial charge in [0, 0.05) is 30.1 Å². The van der Waals surface area contributed by atoms with Crippen LogP contribution in [-0.2, 0) is 4.79 Å². The number of ether oxygens (including phenoxy) is 1. The van der Waals surface area contributed by atoms with Gasteiger partial charge in [-0.3, -0.25) is 4.79 Å². The van der Waals surface area contributed by atoms with Gasteiger partial charge < -0.3 is 15.0 Å². The summed E-state index contributed by atoms with van der Waals surface area (Å²) in [6, 6.07) is 7.76. The van der Waals surface area contributed by atoms with Gasteiger partial charge in [-0.25, -0.2) is 0 Å². The van der Waals surface area contributed by atoms with E-state index in [1.165, 1.54) is 0 Å². The van der Waals surface area contributed by atoms with Crippen molar-refractivity contribution in [2.75, 3.05) is 19.6 Å². The first-order valence-corrected chi connectivity index (χ1v) is 7.30. The second kappa shape index (κ2) is 7.86. The van der Waals surface area contributed by atoms with E-state index in [4.69, 9.17) is 4.74 Å². The minimum Gasteiger partial charge on any atom is -0.481 e. The molecule has 1 amide bonds. The first-order valence-electron chi connectivity index (χ1n) is 6.51. The van der Waals surface area contributed by atoms with Crippen LogP contribution >= 0.6 is 28.3 Å². The summed E-state index contributed by atoms with van der Waals surface area (Å²) in [5.41, 5.74) is 0. The number of nitrogens with zero attached hydrogens (tertiary/aromatic N) is 1. The molecular weight excluding hydrogens is 344 g/mol. The summed E-state index contributed by atoms with van der Waals surface area (Å²) in [7, 11) is 0. The van der Waals surface area contributed by atoms with Gasteiger partial charge in [0.2, 0.25) is 0 Å². The van der Waals surface area contributed by atoms with E-state index in [0.717, 1.165) is 24.1 Å². The molecule has 2 atom stereocenters. The molecular formula is C14H20BrClN2O2. The lowest BCUT2D eigenvalue weighted by Gasteiger charge is -2.35. The summed E-state index contributed by atoms with van der Waals surface area (Å²) in [6.45, 7) is 6.29. The van der Waals surface area contributed by atoms with Crippen molar-refractivity contribution in [2.24, 2.45) is 0 Å². The fourth-order valence-corrected chi connectivity index (χ4v) is 2.58. The summed E-state index contributed by atoms with van der Waals surface area (Å²) in [6.07, 6.45) is -0.463. The van der Waals surface area contributed by atoms with Crippen LogP contribution in [0.15, 0.2) is 28.7 Å². The van der Waals surface area contributed by atoms with E-state index >= 15 is 0 Å². The molecule has 6 heteroatoms. The number of hydrogen-bond acceptors (Lipinski definition) is 3. The van der Waals surface area contributed by atoms with Crippen LogP contribution in [0.3, 0.4) is 0 Å². The number of carbonyl (C=O) groups excluding carboxylic acids is 1. The third kappa shape index (κ3) is 4.36. The molecule has 0 spiro atoms. The smallest absolute Gasteiger partial charge is 0.263 e. The van der Waals surface area contributed by atoms with Crippen molar-refractivity contribution in [2.45, 2.75) is 26.0 Å². The number of amides is 1. The van der Waals surface area contributed by atoms with Gasteiger partial charge in [-0.05, 0) is 32.0 Å². The second-order valence-corrected chi connectivity index (χ2v) is 5.72. The standard InChI is InChI=1S/C14H19BrN2O2.ClH/c1-10-9-16-6-7-17(10)14(18)11(2)19-13-5-3-4-12(15)8-13;/h3-5,8,10-11,16H,6-7,9H2,1-2H3;1H/t10-,11?;/m1./s1. The normalized spacial score (nSPS) is 19.9. The number of benzene rings is 1. The molecule has 20 heavy (non-hydrogen) atoms. The maximum absolute atomic E-state index is 12.4. The van der Waals surface area contributed by atoms with Gasteiger partial charge in [0.15, 0.2) is 6.10 Å². The molecule has 112 valence electrons. The molecule has 2 rings (SSSR count). The minimum atomic E-state index is -0.463. The quantitative estimate of drug-likeness (QED) is 0.897. The molecule has 0 saturated carbocycles. The minimum absolute atomic E-state index is 0. The number of piperazine rings is 1. The number of halogens is 2. The van der Waals surface area contributed by atoms with Crippen molar-refractivity contribution in [3.8, 4) is 5.75 Å². The fraction of sp³-hybridized carbons (Fsp3) is 0.500. The molecule has 1 aliphatic heterocycles. The summed E-state index contributed by atoms with van der Waals surface area (Å²) >= 11 is 3.39. The molecule has 1 aromatic carbocycles. The maximum atomic E-state index is 12.4. The number of hydrogen-bond donors (Lipinski definition) is 1. The molecule has 4 nitrogen and oxygen atoms in total. The summed E-state index contributed by atoms with van der Waals surface area (Å²) in [5, 5.41) is 3.27. The van der Waals surface area contributed by atoms with Gasteiger partial charge in [0.05, 0.1) is 0 Å².